The van der Waals surface area contributed by atoms with E-state index in [9.17, 15) is 14.0 Å². The Hall–Kier alpha value is -2.95. The number of anilines is 1. The summed E-state index contributed by atoms with van der Waals surface area (Å²) >= 11 is 0. The minimum atomic E-state index is -0.670. The molecule has 136 valence electrons. The molecule has 1 atom stereocenters. The number of ether oxygens (including phenoxy) is 1. The maximum absolute atomic E-state index is 13.0. The summed E-state index contributed by atoms with van der Waals surface area (Å²) in [6.07, 6.45) is 3.63. The molecule has 0 aliphatic heterocycles. The lowest BCUT2D eigenvalue weighted by Crippen LogP contribution is -2.20. The molecule has 0 saturated heterocycles. The van der Waals surface area contributed by atoms with Gasteiger partial charge in [0.1, 0.15) is 5.82 Å². The Morgan fingerprint density at radius 3 is 2.58 bits per heavy atom. The van der Waals surface area contributed by atoms with Crippen molar-refractivity contribution in [1.29, 1.82) is 0 Å². The van der Waals surface area contributed by atoms with Gasteiger partial charge in [0.05, 0.1) is 0 Å². The van der Waals surface area contributed by atoms with Gasteiger partial charge in [0, 0.05) is 11.8 Å². The molecule has 0 aromatic heterocycles. The van der Waals surface area contributed by atoms with Crippen molar-refractivity contribution in [3.05, 3.63) is 71.6 Å². The van der Waals surface area contributed by atoms with Gasteiger partial charge in [0.2, 0.25) is 0 Å². The number of hydrogen-bond donors (Lipinski definition) is 1. The van der Waals surface area contributed by atoms with Crippen LogP contribution in [0.25, 0.3) is 6.08 Å². The van der Waals surface area contributed by atoms with Crippen LogP contribution in [0.1, 0.15) is 37.3 Å². The molecule has 4 nitrogen and oxygen atoms in total. The van der Waals surface area contributed by atoms with E-state index in [1.54, 1.807) is 12.1 Å². The van der Waals surface area contributed by atoms with Crippen molar-refractivity contribution in [2.75, 3.05) is 11.9 Å². The van der Waals surface area contributed by atoms with Crippen LogP contribution in [0.4, 0.5) is 10.1 Å². The molecule has 2 aromatic rings. The Morgan fingerprint density at radius 1 is 1.19 bits per heavy atom. The van der Waals surface area contributed by atoms with Crippen LogP contribution in [-0.2, 0) is 14.3 Å². The molecule has 0 aliphatic rings. The molecule has 2 aromatic carbocycles. The molecule has 0 bridgehead atoms. The van der Waals surface area contributed by atoms with Gasteiger partial charge in [0.25, 0.3) is 5.91 Å². The number of nitrogens with one attached hydrogen (secondary N) is 1. The van der Waals surface area contributed by atoms with Crippen LogP contribution in [0.2, 0.25) is 0 Å². The van der Waals surface area contributed by atoms with Crippen LogP contribution >= 0.6 is 0 Å². The van der Waals surface area contributed by atoms with E-state index in [-0.39, 0.29) is 12.4 Å². The molecule has 0 aliphatic carbocycles. The SMILES string of the molecule is CC[C@@H](C)c1ccc(NC(=O)COC(=O)/C=C/c2cccc(F)c2)cc1. The number of rotatable bonds is 7. The van der Waals surface area contributed by atoms with Gasteiger partial charge in [-0.05, 0) is 53.8 Å². The van der Waals surface area contributed by atoms with Gasteiger partial charge in [-0.1, -0.05) is 38.1 Å². The zero-order valence-corrected chi connectivity index (χ0v) is 14.9. The van der Waals surface area contributed by atoms with Crippen molar-refractivity contribution < 1.29 is 18.7 Å². The number of benzene rings is 2. The summed E-state index contributed by atoms with van der Waals surface area (Å²) in [5.74, 6) is -1.02. The van der Waals surface area contributed by atoms with Crippen molar-refractivity contribution in [2.45, 2.75) is 26.2 Å². The number of halogens is 1. The van der Waals surface area contributed by atoms with Crippen LogP contribution in [-0.4, -0.2) is 18.5 Å². The van der Waals surface area contributed by atoms with Gasteiger partial charge in [-0.2, -0.15) is 0 Å². The quantitative estimate of drug-likeness (QED) is 0.586. The lowest BCUT2D eigenvalue weighted by molar-refractivity contribution is -0.142. The minimum absolute atomic E-state index is 0.389. The minimum Gasteiger partial charge on any atom is -0.452 e. The first-order chi connectivity index (χ1) is 12.5. The Labute approximate surface area is 152 Å². The zero-order chi connectivity index (χ0) is 18.9. The highest BCUT2D eigenvalue weighted by molar-refractivity contribution is 5.94. The maximum atomic E-state index is 13.0. The maximum Gasteiger partial charge on any atom is 0.331 e. The van der Waals surface area contributed by atoms with Gasteiger partial charge in [0.15, 0.2) is 6.61 Å². The van der Waals surface area contributed by atoms with Crippen LogP contribution in [0.3, 0.4) is 0 Å². The van der Waals surface area contributed by atoms with Crippen molar-refractivity contribution in [2.24, 2.45) is 0 Å². The zero-order valence-electron chi connectivity index (χ0n) is 14.9. The first kappa shape index (κ1) is 19.4. The Morgan fingerprint density at radius 2 is 1.92 bits per heavy atom. The molecule has 0 fully saturated rings. The second-order valence-corrected chi connectivity index (χ2v) is 5.98. The van der Waals surface area contributed by atoms with E-state index >= 15 is 0 Å². The second kappa shape index (κ2) is 9.51. The fourth-order valence-electron chi connectivity index (χ4n) is 2.29. The molecule has 0 unspecified atom stereocenters. The van der Waals surface area contributed by atoms with E-state index in [0.717, 1.165) is 12.5 Å². The first-order valence-corrected chi connectivity index (χ1v) is 8.48. The molecule has 0 radical (unpaired) electrons. The Kier molecular flexibility index (Phi) is 7.09. The molecule has 2 rings (SSSR count). The molecule has 0 spiro atoms. The van der Waals surface area contributed by atoms with Gasteiger partial charge in [-0.25, -0.2) is 9.18 Å². The van der Waals surface area contributed by atoms with E-state index in [0.29, 0.717) is 17.2 Å². The summed E-state index contributed by atoms with van der Waals surface area (Å²) in [5.41, 5.74) is 2.39. The highest BCUT2D eigenvalue weighted by Gasteiger charge is 2.07. The summed E-state index contributed by atoms with van der Waals surface area (Å²) in [6.45, 7) is 3.88. The highest BCUT2D eigenvalue weighted by Crippen LogP contribution is 2.20. The van der Waals surface area contributed by atoms with Crippen LogP contribution in [0.5, 0.6) is 0 Å². The summed E-state index contributed by atoms with van der Waals surface area (Å²) in [7, 11) is 0. The van der Waals surface area contributed by atoms with Crippen LogP contribution in [0, 0.1) is 5.82 Å². The molecule has 26 heavy (non-hydrogen) atoms. The third-order valence-corrected chi connectivity index (χ3v) is 3.98. The topological polar surface area (TPSA) is 55.4 Å². The smallest absolute Gasteiger partial charge is 0.331 e. The van der Waals surface area contributed by atoms with E-state index in [2.05, 4.69) is 19.2 Å². The molecular weight excluding hydrogens is 333 g/mol. The van der Waals surface area contributed by atoms with Crippen molar-refractivity contribution in [3.8, 4) is 0 Å². The van der Waals surface area contributed by atoms with E-state index < -0.39 is 11.9 Å². The average molecular weight is 355 g/mol. The van der Waals surface area contributed by atoms with E-state index in [1.807, 2.05) is 24.3 Å². The van der Waals surface area contributed by atoms with Crippen LogP contribution < -0.4 is 5.32 Å². The predicted molar refractivity (Wildman–Crippen MR) is 100 cm³/mol. The fourth-order valence-corrected chi connectivity index (χ4v) is 2.29. The summed E-state index contributed by atoms with van der Waals surface area (Å²) < 4.78 is 17.9. The molecule has 1 N–H and O–H groups in total. The summed E-state index contributed by atoms with van der Waals surface area (Å²) in [4.78, 5) is 23.5. The fraction of sp³-hybridized carbons (Fsp3) is 0.238. The molecular formula is C21H22FNO3. The molecule has 0 saturated carbocycles. The average Bonchev–Trinajstić information content (AvgIpc) is 2.64. The third kappa shape index (κ3) is 6.16. The van der Waals surface area contributed by atoms with Crippen molar-refractivity contribution >= 4 is 23.6 Å². The Balaban J connectivity index is 1.80. The third-order valence-electron chi connectivity index (χ3n) is 3.98. The van der Waals surface area contributed by atoms with Crippen molar-refractivity contribution in [1.82, 2.24) is 0 Å². The van der Waals surface area contributed by atoms with Gasteiger partial charge >= 0.3 is 5.97 Å². The number of esters is 1. The first-order valence-electron chi connectivity index (χ1n) is 8.48. The molecule has 5 heteroatoms. The number of hydrogen-bond acceptors (Lipinski definition) is 3. The summed E-state index contributed by atoms with van der Waals surface area (Å²) in [6, 6.07) is 13.4. The number of amides is 1. The van der Waals surface area contributed by atoms with Crippen LogP contribution in [0.15, 0.2) is 54.6 Å². The monoisotopic (exact) mass is 355 g/mol. The number of carbonyl (C=O) groups is 2. The Bertz CT molecular complexity index is 784. The molecule has 0 heterocycles. The van der Waals surface area contributed by atoms with E-state index in [4.69, 9.17) is 4.74 Å². The van der Waals surface area contributed by atoms with Gasteiger partial charge < -0.3 is 10.1 Å². The van der Waals surface area contributed by atoms with Gasteiger partial charge in [-0.3, -0.25) is 4.79 Å². The standard InChI is InChI=1S/C21H22FNO3/c1-3-15(2)17-8-10-19(11-9-17)23-20(24)14-26-21(25)12-7-16-5-4-6-18(22)13-16/h4-13,15H,3,14H2,1-2H3,(H,23,24)/b12-7+/t15-/m1/s1. The summed E-state index contributed by atoms with van der Waals surface area (Å²) in [5, 5.41) is 2.67. The number of carbonyl (C=O) groups excluding carboxylic acids is 2. The van der Waals surface area contributed by atoms with E-state index in [1.165, 1.54) is 23.8 Å². The highest BCUT2D eigenvalue weighted by atomic mass is 19.1. The normalized spacial score (nSPS) is 12.0. The molecule has 1 amide bonds. The van der Waals surface area contributed by atoms with Gasteiger partial charge in [-0.15, -0.1) is 0 Å². The lowest BCUT2D eigenvalue weighted by atomic mass is 9.99. The second-order valence-electron chi connectivity index (χ2n) is 5.98. The van der Waals surface area contributed by atoms with Crippen molar-refractivity contribution in [3.63, 3.8) is 0 Å². The largest absolute Gasteiger partial charge is 0.452 e. The predicted octanol–water partition coefficient (Wildman–Crippen LogP) is 4.53. The lowest BCUT2D eigenvalue weighted by Gasteiger charge is -2.10.